The molecule has 3 N–H and O–H groups in total. The average Bonchev–Trinajstić information content (AvgIpc) is 2.34. The van der Waals surface area contributed by atoms with Crippen LogP contribution in [0.2, 0.25) is 0 Å². The summed E-state index contributed by atoms with van der Waals surface area (Å²) in [6.45, 7) is 10.0. The molecule has 3 heteroatoms. The lowest BCUT2D eigenvalue weighted by Crippen LogP contribution is -2.24. The van der Waals surface area contributed by atoms with E-state index >= 15 is 0 Å². The van der Waals surface area contributed by atoms with Gasteiger partial charge >= 0.3 is 0 Å². The summed E-state index contributed by atoms with van der Waals surface area (Å²) in [6.07, 6.45) is 1.83. The van der Waals surface area contributed by atoms with Gasteiger partial charge in [-0.15, -0.1) is 0 Å². The van der Waals surface area contributed by atoms with Crippen molar-refractivity contribution in [2.75, 3.05) is 17.6 Å². The number of hydrogen-bond acceptors (Lipinski definition) is 3. The van der Waals surface area contributed by atoms with Crippen molar-refractivity contribution >= 4 is 22.3 Å². The Hall–Kier alpha value is -1.77. The fourth-order valence-corrected chi connectivity index (χ4v) is 1.89. The Balaban J connectivity index is 2.22. The Morgan fingerprint density at radius 2 is 2.00 bits per heavy atom. The van der Waals surface area contributed by atoms with Gasteiger partial charge in [0.15, 0.2) is 0 Å². The van der Waals surface area contributed by atoms with Crippen molar-refractivity contribution in [3.63, 3.8) is 0 Å². The molecule has 2 rings (SSSR count). The number of nitrogens with two attached hydrogens (primary N) is 1. The Kier molecular flexibility index (Phi) is 3.65. The molecule has 1 unspecified atom stereocenters. The average molecular weight is 257 g/mol. The number of aromatic nitrogens is 1. The van der Waals surface area contributed by atoms with E-state index in [4.69, 9.17) is 5.73 Å². The van der Waals surface area contributed by atoms with Crippen molar-refractivity contribution in [1.82, 2.24) is 4.98 Å². The zero-order chi connectivity index (χ0) is 14.0. The van der Waals surface area contributed by atoms with Crippen LogP contribution < -0.4 is 11.1 Å². The monoisotopic (exact) mass is 257 g/mol. The third-order valence-electron chi connectivity index (χ3n) is 3.84. The second-order valence-electron chi connectivity index (χ2n) is 6.28. The van der Waals surface area contributed by atoms with E-state index in [2.05, 4.69) is 38.0 Å². The second-order valence-corrected chi connectivity index (χ2v) is 6.28. The number of nitrogens with one attached hydrogen (secondary N) is 1. The van der Waals surface area contributed by atoms with E-state index in [0.29, 0.717) is 11.3 Å². The summed E-state index contributed by atoms with van der Waals surface area (Å²) in [5, 5.41) is 4.66. The molecule has 0 aliphatic heterocycles. The highest BCUT2D eigenvalue weighted by Gasteiger charge is 2.19. The minimum absolute atomic E-state index is 0.306. The maximum absolute atomic E-state index is 5.79. The maximum Gasteiger partial charge on any atom is 0.0743 e. The van der Waals surface area contributed by atoms with Crippen LogP contribution in [0.15, 0.2) is 30.5 Å². The van der Waals surface area contributed by atoms with Crippen LogP contribution in [0.4, 0.5) is 11.4 Å². The molecular formula is C16H23N3. The van der Waals surface area contributed by atoms with Gasteiger partial charge in [-0.3, -0.25) is 4.98 Å². The standard InChI is InChI=1S/C16H23N3/c1-11(16(2,3)4)10-19-14-7-8-18-15-9-12(17)5-6-13(14)15/h5-9,11H,10,17H2,1-4H3,(H,18,19). The quantitative estimate of drug-likeness (QED) is 0.820. The summed E-state index contributed by atoms with van der Waals surface area (Å²) >= 11 is 0. The summed E-state index contributed by atoms with van der Waals surface area (Å²) in [4.78, 5) is 4.36. The van der Waals surface area contributed by atoms with Gasteiger partial charge in [-0.1, -0.05) is 27.7 Å². The Morgan fingerprint density at radius 3 is 2.68 bits per heavy atom. The Bertz CT molecular complexity index is 570. The fourth-order valence-electron chi connectivity index (χ4n) is 1.89. The predicted octanol–water partition coefficient (Wildman–Crippen LogP) is 3.91. The van der Waals surface area contributed by atoms with Crippen LogP contribution in [-0.2, 0) is 0 Å². The van der Waals surface area contributed by atoms with Crippen LogP contribution in [0, 0.1) is 11.3 Å². The van der Waals surface area contributed by atoms with E-state index in [1.807, 2.05) is 30.5 Å². The van der Waals surface area contributed by atoms with Crippen molar-refractivity contribution in [1.29, 1.82) is 0 Å². The molecule has 3 nitrogen and oxygen atoms in total. The summed E-state index contributed by atoms with van der Waals surface area (Å²) < 4.78 is 0. The van der Waals surface area contributed by atoms with Crippen molar-refractivity contribution in [2.24, 2.45) is 11.3 Å². The molecule has 0 spiro atoms. The first-order valence-corrected chi connectivity index (χ1v) is 6.76. The second kappa shape index (κ2) is 5.08. The number of nitrogen functional groups attached to an aromatic ring is 1. The number of pyridine rings is 1. The number of anilines is 2. The molecule has 0 radical (unpaired) electrons. The molecule has 102 valence electrons. The van der Waals surface area contributed by atoms with Gasteiger partial charge in [0, 0.05) is 29.5 Å². The first-order chi connectivity index (χ1) is 8.88. The van der Waals surface area contributed by atoms with Crippen LogP contribution in [0.3, 0.4) is 0 Å². The van der Waals surface area contributed by atoms with Crippen LogP contribution in [-0.4, -0.2) is 11.5 Å². The number of benzene rings is 1. The molecule has 19 heavy (non-hydrogen) atoms. The molecule has 1 aromatic carbocycles. The molecule has 1 atom stereocenters. The molecule has 0 amide bonds. The molecule has 0 aliphatic rings. The van der Waals surface area contributed by atoms with Crippen molar-refractivity contribution in [3.8, 4) is 0 Å². The van der Waals surface area contributed by atoms with E-state index in [1.165, 1.54) is 0 Å². The van der Waals surface area contributed by atoms with Crippen LogP contribution in [0.25, 0.3) is 10.9 Å². The van der Waals surface area contributed by atoms with Crippen molar-refractivity contribution < 1.29 is 0 Å². The molecular weight excluding hydrogens is 234 g/mol. The van der Waals surface area contributed by atoms with Crippen molar-refractivity contribution in [2.45, 2.75) is 27.7 Å². The van der Waals surface area contributed by atoms with E-state index in [1.54, 1.807) is 0 Å². The van der Waals surface area contributed by atoms with E-state index in [-0.39, 0.29) is 0 Å². The summed E-state index contributed by atoms with van der Waals surface area (Å²) in [6, 6.07) is 7.88. The molecule has 0 bridgehead atoms. The first-order valence-electron chi connectivity index (χ1n) is 6.76. The topological polar surface area (TPSA) is 50.9 Å². The van der Waals surface area contributed by atoms with Gasteiger partial charge in [0.25, 0.3) is 0 Å². The zero-order valence-corrected chi connectivity index (χ0v) is 12.2. The lowest BCUT2D eigenvalue weighted by Gasteiger charge is -2.28. The number of hydrogen-bond donors (Lipinski definition) is 2. The molecule has 2 aromatic rings. The Labute approximate surface area is 115 Å². The van der Waals surface area contributed by atoms with E-state index < -0.39 is 0 Å². The van der Waals surface area contributed by atoms with Crippen LogP contribution in [0.5, 0.6) is 0 Å². The van der Waals surface area contributed by atoms with Crippen LogP contribution in [0.1, 0.15) is 27.7 Å². The molecule has 1 aromatic heterocycles. The normalized spacial score (nSPS) is 13.5. The predicted molar refractivity (Wildman–Crippen MR) is 83.3 cm³/mol. The zero-order valence-electron chi connectivity index (χ0n) is 12.2. The van der Waals surface area contributed by atoms with Gasteiger partial charge in [-0.2, -0.15) is 0 Å². The molecule has 0 saturated heterocycles. The molecule has 0 fully saturated rings. The summed E-state index contributed by atoms with van der Waals surface area (Å²) in [5.41, 5.74) is 8.91. The van der Waals surface area contributed by atoms with Gasteiger partial charge in [0.2, 0.25) is 0 Å². The van der Waals surface area contributed by atoms with Gasteiger partial charge in [0.1, 0.15) is 0 Å². The number of nitrogens with zero attached hydrogens (tertiary/aromatic N) is 1. The van der Waals surface area contributed by atoms with Gasteiger partial charge in [-0.25, -0.2) is 0 Å². The highest BCUT2D eigenvalue weighted by Crippen LogP contribution is 2.27. The van der Waals surface area contributed by atoms with E-state index in [0.717, 1.165) is 28.8 Å². The molecule has 0 saturated carbocycles. The van der Waals surface area contributed by atoms with Crippen molar-refractivity contribution in [3.05, 3.63) is 30.5 Å². The smallest absolute Gasteiger partial charge is 0.0743 e. The van der Waals surface area contributed by atoms with Gasteiger partial charge in [0.05, 0.1) is 5.52 Å². The minimum atomic E-state index is 0.306. The third-order valence-corrected chi connectivity index (χ3v) is 3.84. The largest absolute Gasteiger partial charge is 0.399 e. The van der Waals surface area contributed by atoms with Gasteiger partial charge in [-0.05, 0) is 35.6 Å². The lowest BCUT2D eigenvalue weighted by atomic mass is 9.82. The molecule has 1 heterocycles. The SMILES string of the molecule is CC(CNc1ccnc2cc(N)ccc12)C(C)(C)C. The summed E-state index contributed by atoms with van der Waals surface area (Å²) in [5.74, 6) is 0.587. The highest BCUT2D eigenvalue weighted by molar-refractivity contribution is 5.92. The first kappa shape index (κ1) is 13.7. The summed E-state index contributed by atoms with van der Waals surface area (Å²) in [7, 11) is 0. The van der Waals surface area contributed by atoms with E-state index in [9.17, 15) is 0 Å². The maximum atomic E-state index is 5.79. The van der Waals surface area contributed by atoms with Gasteiger partial charge < -0.3 is 11.1 Å². The third kappa shape index (κ3) is 3.16. The lowest BCUT2D eigenvalue weighted by molar-refractivity contribution is 0.274. The fraction of sp³-hybridized carbons (Fsp3) is 0.438. The number of rotatable bonds is 3. The van der Waals surface area contributed by atoms with Crippen LogP contribution >= 0.6 is 0 Å². The Morgan fingerprint density at radius 1 is 1.26 bits per heavy atom. The highest BCUT2D eigenvalue weighted by atomic mass is 14.9. The molecule has 0 aliphatic carbocycles. The number of fused-ring (bicyclic) bond motifs is 1. The minimum Gasteiger partial charge on any atom is -0.399 e.